The number of carbonyl (C=O) groups is 10. The molecule has 4 rings (SSSR count). The Morgan fingerprint density at radius 2 is 0.745 bits per heavy atom. The number of esters is 10. The van der Waals surface area contributed by atoms with Crippen LogP contribution >= 0.6 is 0 Å². The van der Waals surface area contributed by atoms with Crippen LogP contribution in [0, 0.1) is 41.4 Å². The molecule has 0 atom stereocenters. The van der Waals surface area contributed by atoms with E-state index in [9.17, 15) is 47.9 Å². The maximum Gasteiger partial charge on any atom is 0.338 e. The number of methoxy groups -OCH3 is 1. The second kappa shape index (κ2) is 61.0. The molecular weight excluding hydrogens is 1210 g/mol. The topological polar surface area (TPSA) is 263 Å². The largest absolute Gasteiger partial charge is 0.469 e. The Morgan fingerprint density at radius 1 is 0.394 bits per heavy atom. The number of rotatable bonds is 18. The molecule has 544 valence electrons. The lowest BCUT2D eigenvalue weighted by atomic mass is 10.1. The maximum absolute atomic E-state index is 11.2. The van der Waals surface area contributed by atoms with E-state index in [2.05, 4.69) is 14.2 Å². The monoisotopic (exact) mass is 1340 g/mol. The lowest BCUT2D eigenvalue weighted by Crippen LogP contribution is -2.18. The molecule has 20 heteroatoms. The highest BCUT2D eigenvalue weighted by atomic mass is 16.6. The Kier molecular flexibility index (Phi) is 63.8. The van der Waals surface area contributed by atoms with Gasteiger partial charge in [0.2, 0.25) is 0 Å². The van der Waals surface area contributed by atoms with Crippen molar-refractivity contribution in [2.45, 2.75) is 287 Å². The molecule has 2 aromatic rings. The summed E-state index contributed by atoms with van der Waals surface area (Å²) in [7, 11) is 1.39. The molecule has 0 radical (unpaired) electrons. The molecule has 94 heavy (non-hydrogen) atoms. The van der Waals surface area contributed by atoms with Crippen molar-refractivity contribution in [3.05, 3.63) is 66.2 Å². The van der Waals surface area contributed by atoms with Crippen LogP contribution in [0.3, 0.4) is 0 Å². The second-order valence-electron chi connectivity index (χ2n) is 25.1. The fourth-order valence-corrected chi connectivity index (χ4v) is 6.34. The molecule has 0 amide bonds. The molecular formula is C74H128O20. The Morgan fingerprint density at radius 3 is 1.00 bits per heavy atom. The number of benzene rings is 2. The molecule has 0 spiro atoms. The van der Waals surface area contributed by atoms with Crippen LogP contribution < -0.4 is 4.74 Å². The fourth-order valence-electron chi connectivity index (χ4n) is 6.34. The first kappa shape index (κ1) is 98.2. The zero-order valence-electron chi connectivity index (χ0n) is 63.1. The van der Waals surface area contributed by atoms with Gasteiger partial charge in [-0.25, -0.2) is 4.79 Å². The average Bonchev–Trinajstić information content (AvgIpc) is 2.06. The molecule has 2 saturated carbocycles. The van der Waals surface area contributed by atoms with Gasteiger partial charge in [-0.15, -0.1) is 0 Å². The molecule has 0 N–H and O–H groups in total. The minimum absolute atomic E-state index is 0.00463. The van der Waals surface area contributed by atoms with Crippen LogP contribution in [0.1, 0.15) is 255 Å². The minimum Gasteiger partial charge on any atom is -0.469 e. The standard InChI is InChI=1S/2C10H12O2.2C9H16O2.2C7H14O2.2C6H12O2.2C5H10O2/c1-8(2)12-10(11)9-6-4-3-5-7-9;1-8(2)10(11)12-9-6-4-3-5-7-9;1-7(2)11-9(10)8-5-3-4-6-8;1-7(2)9(10)11-8-5-3-4-6-8;2*1-5(2)7(8)9-6(3)4;1-4-8-6(7)5(2)3;1-4-6(7)8-5(2)3;1-4(2)5(6)7-3;1-4(2)7-5(3)6/h2*3-8H,1-2H3;2*7-8H,3-6H2,1-2H3;2*5-6H,1-4H3;2*5H,4H2,1-3H3;2*4H,1-3H3. The first-order valence-corrected chi connectivity index (χ1v) is 33.5. The van der Waals surface area contributed by atoms with E-state index in [0.29, 0.717) is 24.3 Å². The van der Waals surface area contributed by atoms with Gasteiger partial charge in [0, 0.05) is 13.3 Å². The summed E-state index contributed by atoms with van der Waals surface area (Å²) in [6, 6.07) is 18.1. The van der Waals surface area contributed by atoms with Gasteiger partial charge in [0.05, 0.1) is 97.3 Å². The third-order valence-electron chi connectivity index (χ3n) is 11.0. The third kappa shape index (κ3) is 68.0. The highest BCUT2D eigenvalue weighted by molar-refractivity contribution is 5.89. The maximum atomic E-state index is 11.2. The van der Waals surface area contributed by atoms with Gasteiger partial charge in [-0.2, -0.15) is 0 Å². The van der Waals surface area contributed by atoms with Crippen molar-refractivity contribution in [3.8, 4) is 5.75 Å². The van der Waals surface area contributed by atoms with Crippen LogP contribution in [0.25, 0.3) is 0 Å². The summed E-state index contributed by atoms with van der Waals surface area (Å²) < 4.78 is 48.5. The number of hydrogen-bond donors (Lipinski definition) is 0. The number of carbonyl (C=O) groups excluding carboxylic acids is 10. The average molecular weight is 1340 g/mol. The normalized spacial score (nSPS) is 12.0. The molecule has 2 aliphatic rings. The van der Waals surface area contributed by atoms with Gasteiger partial charge in [0.15, 0.2) is 0 Å². The molecule has 2 aromatic carbocycles. The van der Waals surface area contributed by atoms with Crippen LogP contribution in [0.4, 0.5) is 0 Å². The predicted molar refractivity (Wildman–Crippen MR) is 369 cm³/mol. The molecule has 0 bridgehead atoms. The Balaban J connectivity index is -0.000000230. The summed E-state index contributed by atoms with van der Waals surface area (Å²) in [5.41, 5.74) is 0.603. The molecule has 2 aliphatic carbocycles. The van der Waals surface area contributed by atoms with Crippen LogP contribution in [0.2, 0.25) is 0 Å². The second-order valence-corrected chi connectivity index (χ2v) is 25.1. The lowest BCUT2D eigenvalue weighted by Gasteiger charge is -2.12. The van der Waals surface area contributed by atoms with Crippen molar-refractivity contribution in [1.29, 1.82) is 0 Å². The lowest BCUT2D eigenvalue weighted by molar-refractivity contribution is -0.153. The number of ether oxygens (including phenoxy) is 10. The van der Waals surface area contributed by atoms with Gasteiger partial charge in [-0.1, -0.05) is 139 Å². The van der Waals surface area contributed by atoms with Crippen molar-refractivity contribution >= 4 is 59.7 Å². The van der Waals surface area contributed by atoms with Gasteiger partial charge in [-0.05, 0) is 153 Å². The van der Waals surface area contributed by atoms with Gasteiger partial charge in [0.1, 0.15) is 11.9 Å². The fraction of sp³-hybridized carbons (Fsp3) is 0.703. The van der Waals surface area contributed by atoms with E-state index in [4.69, 9.17) is 33.2 Å². The molecule has 0 aromatic heterocycles. The van der Waals surface area contributed by atoms with E-state index in [-0.39, 0.29) is 144 Å². The third-order valence-corrected chi connectivity index (χ3v) is 11.0. The van der Waals surface area contributed by atoms with Crippen molar-refractivity contribution < 1.29 is 95.3 Å². The van der Waals surface area contributed by atoms with E-state index < -0.39 is 0 Å². The molecule has 20 nitrogen and oxygen atoms in total. The van der Waals surface area contributed by atoms with Crippen molar-refractivity contribution in [2.24, 2.45) is 41.4 Å². The minimum atomic E-state index is -0.259. The van der Waals surface area contributed by atoms with Crippen LogP contribution in [-0.4, -0.2) is 116 Å². The predicted octanol–water partition coefficient (Wildman–Crippen LogP) is 16.3. The van der Waals surface area contributed by atoms with Crippen LogP contribution in [0.5, 0.6) is 5.75 Å². The Labute approximate surface area is 567 Å². The zero-order valence-corrected chi connectivity index (χ0v) is 63.1. The van der Waals surface area contributed by atoms with Crippen molar-refractivity contribution in [3.63, 3.8) is 0 Å². The number of para-hydroxylation sites is 1. The van der Waals surface area contributed by atoms with E-state index in [1.807, 2.05) is 189 Å². The molecule has 0 heterocycles. The molecule has 0 aliphatic heterocycles. The summed E-state index contributed by atoms with van der Waals surface area (Å²) >= 11 is 0. The Bertz CT molecular complexity index is 2250. The summed E-state index contributed by atoms with van der Waals surface area (Å²) in [6.07, 6.45) is 9.79. The summed E-state index contributed by atoms with van der Waals surface area (Å²) in [5.74, 6) is -0.576. The summed E-state index contributed by atoms with van der Waals surface area (Å²) in [4.78, 5) is 107. The van der Waals surface area contributed by atoms with E-state index in [0.717, 1.165) is 25.7 Å². The number of hydrogen-bond acceptors (Lipinski definition) is 20. The molecule has 0 saturated heterocycles. The quantitative estimate of drug-likeness (QED) is 0.0762. The Hall–Kier alpha value is -6.86. The van der Waals surface area contributed by atoms with Crippen LogP contribution in [0.15, 0.2) is 60.7 Å². The van der Waals surface area contributed by atoms with Gasteiger partial charge in [0.25, 0.3) is 0 Å². The van der Waals surface area contributed by atoms with E-state index >= 15 is 0 Å². The first-order valence-electron chi connectivity index (χ1n) is 33.5. The first-order chi connectivity index (χ1) is 43.5. The van der Waals surface area contributed by atoms with E-state index in [1.54, 1.807) is 52.0 Å². The van der Waals surface area contributed by atoms with E-state index in [1.165, 1.54) is 39.7 Å². The summed E-state index contributed by atoms with van der Waals surface area (Å²) in [6.45, 7) is 49.5. The van der Waals surface area contributed by atoms with Gasteiger partial charge < -0.3 is 47.4 Å². The van der Waals surface area contributed by atoms with Crippen molar-refractivity contribution in [1.82, 2.24) is 0 Å². The summed E-state index contributed by atoms with van der Waals surface area (Å²) in [5, 5.41) is 0. The SMILES string of the molecule is CC(=O)OC(C)C.CC(C)C(=O)OC1CCCC1.CC(C)C(=O)Oc1ccccc1.CC(C)OC(=O)C(C)C.CC(C)OC(=O)C(C)C.CC(C)OC(=O)C1CCCC1.CC(C)OC(=O)c1ccccc1.CCC(=O)OC(C)C.CCOC(=O)C(C)C.COC(=O)C(C)C. The highest BCUT2D eigenvalue weighted by Gasteiger charge is 2.25. The van der Waals surface area contributed by atoms with Gasteiger partial charge in [-0.3, -0.25) is 43.2 Å². The highest BCUT2D eigenvalue weighted by Crippen LogP contribution is 2.26. The smallest absolute Gasteiger partial charge is 0.338 e. The van der Waals surface area contributed by atoms with Gasteiger partial charge >= 0.3 is 59.7 Å². The zero-order chi connectivity index (χ0) is 74.2. The van der Waals surface area contributed by atoms with Crippen molar-refractivity contribution in [2.75, 3.05) is 13.7 Å². The molecule has 2 fully saturated rings. The van der Waals surface area contributed by atoms with Crippen LogP contribution in [-0.2, 0) is 85.8 Å². The molecule has 0 unspecified atom stereocenters.